The van der Waals surface area contributed by atoms with Crippen LogP contribution in [0.15, 0.2) is 4.99 Å². The number of carbonyl (C=O) groups is 1. The lowest BCUT2D eigenvalue weighted by Crippen LogP contribution is -2.31. The van der Waals surface area contributed by atoms with Crippen molar-refractivity contribution in [2.24, 2.45) is 22.4 Å². The number of aliphatic imine (C=N–C) groups is 1. The van der Waals surface area contributed by atoms with Gasteiger partial charge in [-0.15, -0.1) is 0 Å². The van der Waals surface area contributed by atoms with Crippen LogP contribution in [0, 0.1) is 5.92 Å². The van der Waals surface area contributed by atoms with E-state index in [4.69, 9.17) is 11.5 Å². The Bertz CT molecular complexity index is 204. The third-order valence-corrected chi connectivity index (χ3v) is 1.98. The number of amides is 1. The number of hydrogen-bond donors (Lipinski definition) is 2. The Morgan fingerprint density at radius 3 is 2.46 bits per heavy atom. The minimum Gasteiger partial charge on any atom is -0.378 e. The van der Waals surface area contributed by atoms with Crippen LogP contribution in [-0.2, 0) is 4.79 Å². The average Bonchev–Trinajstić information content (AvgIpc) is 2.02. The van der Waals surface area contributed by atoms with E-state index in [1.807, 2.05) is 13.8 Å². The van der Waals surface area contributed by atoms with Crippen molar-refractivity contribution in [2.75, 3.05) is 6.26 Å². The highest BCUT2D eigenvalue weighted by Crippen LogP contribution is 2.04. The zero-order valence-electron chi connectivity index (χ0n) is 8.28. The molecule has 0 saturated carbocycles. The summed E-state index contributed by atoms with van der Waals surface area (Å²) in [6.07, 6.45) is 2.41. The Balaban J connectivity index is 4.11. The molecule has 1 amide bonds. The van der Waals surface area contributed by atoms with Crippen LogP contribution in [-0.4, -0.2) is 23.4 Å². The molecule has 0 bridgehead atoms. The first-order valence-corrected chi connectivity index (χ1v) is 5.37. The van der Waals surface area contributed by atoms with Gasteiger partial charge in [0.05, 0.1) is 6.04 Å². The van der Waals surface area contributed by atoms with E-state index >= 15 is 0 Å². The van der Waals surface area contributed by atoms with Gasteiger partial charge in [0.15, 0.2) is 5.17 Å². The summed E-state index contributed by atoms with van der Waals surface area (Å²) in [5.74, 6) is 0.0604. The van der Waals surface area contributed by atoms with Gasteiger partial charge in [0.25, 0.3) is 5.91 Å². The zero-order chi connectivity index (χ0) is 10.4. The molecule has 0 fully saturated rings. The van der Waals surface area contributed by atoms with Crippen molar-refractivity contribution in [3.63, 3.8) is 0 Å². The van der Waals surface area contributed by atoms with Crippen molar-refractivity contribution < 1.29 is 4.79 Å². The quantitative estimate of drug-likeness (QED) is 0.519. The largest absolute Gasteiger partial charge is 0.378 e. The van der Waals surface area contributed by atoms with Gasteiger partial charge >= 0.3 is 0 Å². The van der Waals surface area contributed by atoms with Crippen LogP contribution >= 0.6 is 11.8 Å². The maximum absolute atomic E-state index is 11.2. The summed E-state index contributed by atoms with van der Waals surface area (Å²) in [4.78, 5) is 14.9. The Labute approximate surface area is 83.2 Å². The monoisotopic (exact) mass is 203 g/mol. The normalized spacial score (nSPS) is 14.7. The molecule has 0 aromatic heterocycles. The van der Waals surface area contributed by atoms with Gasteiger partial charge in [-0.1, -0.05) is 25.6 Å². The van der Waals surface area contributed by atoms with Gasteiger partial charge < -0.3 is 11.5 Å². The predicted molar refractivity (Wildman–Crippen MR) is 57.6 cm³/mol. The first-order valence-electron chi connectivity index (χ1n) is 4.15. The molecule has 0 aliphatic carbocycles. The molecule has 4 nitrogen and oxygen atoms in total. The van der Waals surface area contributed by atoms with Gasteiger partial charge in [-0.05, 0) is 18.6 Å². The highest BCUT2D eigenvalue weighted by molar-refractivity contribution is 8.13. The van der Waals surface area contributed by atoms with E-state index in [-0.39, 0.29) is 11.1 Å². The molecular weight excluding hydrogens is 186 g/mol. The third kappa shape index (κ3) is 5.65. The van der Waals surface area contributed by atoms with Crippen LogP contribution in [0.1, 0.15) is 20.3 Å². The lowest BCUT2D eigenvalue weighted by molar-refractivity contribution is -0.119. The van der Waals surface area contributed by atoms with Crippen LogP contribution in [0.25, 0.3) is 0 Å². The number of thioether (sulfide) groups is 1. The topological polar surface area (TPSA) is 81.5 Å². The van der Waals surface area contributed by atoms with E-state index < -0.39 is 6.04 Å². The second kappa shape index (κ2) is 5.99. The molecule has 0 spiro atoms. The smallest absolute Gasteiger partial charge is 0.264 e. The molecule has 4 N–H and O–H groups in total. The molecule has 0 heterocycles. The first kappa shape index (κ1) is 12.4. The fraction of sp³-hybridized carbons (Fsp3) is 0.750. The lowest BCUT2D eigenvalue weighted by Gasteiger charge is -2.09. The first-order chi connectivity index (χ1) is 5.97. The van der Waals surface area contributed by atoms with Gasteiger partial charge in [0.2, 0.25) is 0 Å². The number of rotatable bonds is 3. The van der Waals surface area contributed by atoms with Crippen LogP contribution in [0.2, 0.25) is 0 Å². The van der Waals surface area contributed by atoms with Gasteiger partial charge in [0, 0.05) is 0 Å². The van der Waals surface area contributed by atoms with Gasteiger partial charge in [-0.25, -0.2) is 0 Å². The van der Waals surface area contributed by atoms with E-state index in [0.717, 1.165) is 0 Å². The van der Waals surface area contributed by atoms with Crippen LogP contribution in [0.4, 0.5) is 0 Å². The molecule has 5 heteroatoms. The van der Waals surface area contributed by atoms with E-state index in [1.54, 1.807) is 6.26 Å². The molecule has 0 aliphatic heterocycles. The molecule has 1 atom stereocenters. The molecule has 0 aliphatic rings. The summed E-state index contributed by atoms with van der Waals surface area (Å²) in [6.45, 7) is 4.02. The van der Waals surface area contributed by atoms with Crippen molar-refractivity contribution in [2.45, 2.75) is 26.3 Å². The maximum atomic E-state index is 11.2. The number of carbonyl (C=O) groups excluding carboxylic acids is 1. The van der Waals surface area contributed by atoms with Crippen molar-refractivity contribution in [1.29, 1.82) is 0 Å². The number of hydrogen-bond acceptors (Lipinski definition) is 3. The molecule has 0 aromatic rings. The maximum Gasteiger partial charge on any atom is 0.264 e. The molecule has 0 rings (SSSR count). The number of amidine groups is 1. The fourth-order valence-electron chi connectivity index (χ4n) is 0.846. The SMILES string of the molecule is CSC(N)=NC(=O)C(N)CC(C)C. The molecule has 13 heavy (non-hydrogen) atoms. The summed E-state index contributed by atoms with van der Waals surface area (Å²) in [7, 11) is 0. The van der Waals surface area contributed by atoms with Gasteiger partial charge in [-0.2, -0.15) is 4.99 Å². The summed E-state index contributed by atoms with van der Waals surface area (Å²) >= 11 is 1.24. The van der Waals surface area contributed by atoms with Crippen molar-refractivity contribution >= 4 is 22.8 Å². The van der Waals surface area contributed by atoms with Crippen LogP contribution < -0.4 is 11.5 Å². The Hall–Kier alpha value is -0.550. The second-order valence-corrected chi connectivity index (χ2v) is 4.05. The second-order valence-electron chi connectivity index (χ2n) is 3.23. The molecule has 0 aromatic carbocycles. The zero-order valence-corrected chi connectivity index (χ0v) is 9.10. The van der Waals surface area contributed by atoms with Crippen molar-refractivity contribution in [3.05, 3.63) is 0 Å². The van der Waals surface area contributed by atoms with Crippen molar-refractivity contribution in [3.8, 4) is 0 Å². The average molecular weight is 203 g/mol. The highest BCUT2D eigenvalue weighted by atomic mass is 32.2. The molecule has 1 unspecified atom stereocenters. The van der Waals surface area contributed by atoms with Gasteiger partial charge in [-0.3, -0.25) is 4.79 Å². The number of nitrogens with zero attached hydrogens (tertiary/aromatic N) is 1. The Kier molecular flexibility index (Phi) is 5.73. The predicted octanol–water partition coefficient (Wildman–Crippen LogP) is 0.564. The standard InChI is InChI=1S/C8H17N3OS/c1-5(2)4-6(9)7(12)11-8(10)13-3/h5-6H,4,9H2,1-3H3,(H2,10,11,12). The molecule has 76 valence electrons. The van der Waals surface area contributed by atoms with Gasteiger partial charge in [0.1, 0.15) is 0 Å². The Morgan fingerprint density at radius 1 is 1.54 bits per heavy atom. The highest BCUT2D eigenvalue weighted by Gasteiger charge is 2.14. The van der Waals surface area contributed by atoms with E-state index in [2.05, 4.69) is 4.99 Å². The van der Waals surface area contributed by atoms with E-state index in [9.17, 15) is 4.79 Å². The van der Waals surface area contributed by atoms with E-state index in [0.29, 0.717) is 12.3 Å². The summed E-state index contributed by atoms with van der Waals surface area (Å²) in [6, 6.07) is -0.523. The molecule has 0 radical (unpaired) electrons. The summed E-state index contributed by atoms with van der Waals surface area (Å²) < 4.78 is 0. The number of nitrogens with two attached hydrogens (primary N) is 2. The van der Waals surface area contributed by atoms with E-state index in [1.165, 1.54) is 11.8 Å². The fourth-order valence-corrected chi connectivity index (χ4v) is 1.03. The summed E-state index contributed by atoms with van der Waals surface area (Å²) in [5.41, 5.74) is 11.0. The summed E-state index contributed by atoms with van der Waals surface area (Å²) in [5, 5.41) is 0.268. The minimum atomic E-state index is -0.523. The lowest BCUT2D eigenvalue weighted by atomic mass is 10.0. The van der Waals surface area contributed by atoms with Crippen molar-refractivity contribution in [1.82, 2.24) is 0 Å². The molecular formula is C8H17N3OS. The minimum absolute atomic E-state index is 0.268. The molecule has 0 saturated heterocycles. The van der Waals surface area contributed by atoms with Crippen LogP contribution in [0.5, 0.6) is 0 Å². The van der Waals surface area contributed by atoms with Crippen LogP contribution in [0.3, 0.4) is 0 Å². The Morgan fingerprint density at radius 2 is 2.08 bits per heavy atom. The third-order valence-electron chi connectivity index (χ3n) is 1.47.